The highest BCUT2D eigenvalue weighted by Crippen LogP contribution is 2.28. The highest BCUT2D eigenvalue weighted by molar-refractivity contribution is 7.89. The summed E-state index contributed by atoms with van der Waals surface area (Å²) in [5.41, 5.74) is 0.244. The maximum atomic E-state index is 12.7. The number of sulfonamides is 1. The number of likely N-dealkylation sites (N-methyl/N-ethyl adjacent to an activating group) is 2. The van der Waals surface area contributed by atoms with Gasteiger partial charge >= 0.3 is 0 Å². The molecule has 0 spiro atoms. The molecule has 8 nitrogen and oxygen atoms in total. The van der Waals surface area contributed by atoms with Crippen molar-refractivity contribution in [3.63, 3.8) is 0 Å². The summed E-state index contributed by atoms with van der Waals surface area (Å²) in [6.07, 6.45) is 1.69. The molecule has 2 amide bonds. The van der Waals surface area contributed by atoms with E-state index in [4.69, 9.17) is 11.6 Å². The molecule has 27 heavy (non-hydrogen) atoms. The van der Waals surface area contributed by atoms with Crippen molar-refractivity contribution in [2.24, 2.45) is 0 Å². The number of carbonyl (C=O) groups is 2. The molecule has 2 N–H and O–H groups in total. The average Bonchev–Trinajstić information content (AvgIpc) is 3.11. The van der Waals surface area contributed by atoms with Gasteiger partial charge in [0, 0.05) is 27.2 Å². The third-order valence-electron chi connectivity index (χ3n) is 4.33. The number of nitrogens with zero attached hydrogens (tertiary/aromatic N) is 2. The maximum absolute atomic E-state index is 12.7. The van der Waals surface area contributed by atoms with Crippen molar-refractivity contribution in [2.75, 3.05) is 52.6 Å². The minimum atomic E-state index is -3.59. The second-order valence-corrected chi connectivity index (χ2v) is 9.24. The summed E-state index contributed by atoms with van der Waals surface area (Å²) in [5, 5.41) is 2.90. The van der Waals surface area contributed by atoms with E-state index in [0.29, 0.717) is 18.0 Å². The van der Waals surface area contributed by atoms with Crippen LogP contribution >= 0.6 is 11.6 Å². The number of amides is 2. The van der Waals surface area contributed by atoms with E-state index >= 15 is 0 Å². The monoisotopic (exact) mass is 417 g/mol. The Morgan fingerprint density at radius 3 is 2.44 bits per heavy atom. The molecule has 0 aromatic heterocycles. The minimum absolute atomic E-state index is 0.0546. The first-order valence-corrected chi connectivity index (χ1v) is 10.5. The van der Waals surface area contributed by atoms with Gasteiger partial charge in [-0.1, -0.05) is 11.6 Å². The number of quaternary nitrogens is 1. The minimum Gasteiger partial charge on any atom is -0.344 e. The number of anilines is 1. The van der Waals surface area contributed by atoms with Crippen LogP contribution < -0.4 is 10.2 Å². The lowest BCUT2D eigenvalue weighted by Crippen LogP contribution is -3.11. The lowest BCUT2D eigenvalue weighted by Gasteiger charge is -2.18. The van der Waals surface area contributed by atoms with Crippen molar-refractivity contribution < 1.29 is 22.9 Å². The highest BCUT2D eigenvalue weighted by Gasteiger charge is 2.28. The second-order valence-electron chi connectivity index (χ2n) is 6.90. The molecule has 1 aromatic carbocycles. The molecule has 1 aliphatic rings. The summed E-state index contributed by atoms with van der Waals surface area (Å²) in [5.74, 6) is -0.436. The van der Waals surface area contributed by atoms with E-state index < -0.39 is 10.0 Å². The summed E-state index contributed by atoms with van der Waals surface area (Å²) < 4.78 is 26.8. The number of hydrogen-bond donors (Lipinski definition) is 2. The van der Waals surface area contributed by atoms with Crippen molar-refractivity contribution in [3.05, 3.63) is 23.2 Å². The molecule has 2 rings (SSSR count). The van der Waals surface area contributed by atoms with Crippen LogP contribution in [0.2, 0.25) is 5.02 Å². The smallest absolute Gasteiger partial charge is 0.279 e. The number of nitrogens with one attached hydrogen (secondary N) is 2. The lowest BCUT2D eigenvalue weighted by molar-refractivity contribution is -0.862. The van der Waals surface area contributed by atoms with Crippen molar-refractivity contribution in [1.82, 2.24) is 9.21 Å². The number of hydrogen-bond acceptors (Lipinski definition) is 4. The molecule has 1 atom stereocenters. The van der Waals surface area contributed by atoms with Crippen LogP contribution in [0.4, 0.5) is 5.69 Å². The van der Waals surface area contributed by atoms with Gasteiger partial charge in [0.1, 0.15) is 0 Å². The summed E-state index contributed by atoms with van der Waals surface area (Å²) in [4.78, 5) is 26.3. The topological polar surface area (TPSA) is 91.2 Å². The van der Waals surface area contributed by atoms with Gasteiger partial charge < -0.3 is 15.1 Å². The third kappa shape index (κ3) is 5.65. The van der Waals surface area contributed by atoms with Crippen LogP contribution in [-0.2, 0) is 19.6 Å². The fourth-order valence-corrected chi connectivity index (χ4v) is 4.49. The lowest BCUT2D eigenvalue weighted by atomic mass is 10.3. The standard InChI is InChI=1S/C17H25ClN4O4S/c1-20(2)17(24)12-21(3)11-16(23)19-15-10-13(6-7-14(15)18)27(25,26)22-8-4-5-9-22/h6-7,10H,4-5,8-9,11-12H2,1-3H3,(H,19,23)/p+1. The average molecular weight is 418 g/mol. The fourth-order valence-electron chi connectivity index (χ4n) is 2.79. The number of carbonyl (C=O) groups excluding carboxylic acids is 2. The zero-order chi connectivity index (χ0) is 20.2. The van der Waals surface area contributed by atoms with Crippen LogP contribution in [0.1, 0.15) is 12.8 Å². The van der Waals surface area contributed by atoms with E-state index in [1.165, 1.54) is 27.4 Å². The second kappa shape index (κ2) is 9.01. The third-order valence-corrected chi connectivity index (χ3v) is 6.55. The van der Waals surface area contributed by atoms with Crippen molar-refractivity contribution in [3.8, 4) is 0 Å². The van der Waals surface area contributed by atoms with Crippen LogP contribution in [0.3, 0.4) is 0 Å². The molecule has 1 saturated heterocycles. The zero-order valence-corrected chi connectivity index (χ0v) is 17.4. The Hall–Kier alpha value is -1.68. The molecule has 10 heteroatoms. The van der Waals surface area contributed by atoms with Crippen LogP contribution in [0.25, 0.3) is 0 Å². The predicted molar refractivity (Wildman–Crippen MR) is 103 cm³/mol. The largest absolute Gasteiger partial charge is 0.344 e. The molecule has 1 unspecified atom stereocenters. The number of halogens is 1. The van der Waals surface area contributed by atoms with E-state index in [-0.39, 0.29) is 40.5 Å². The number of benzene rings is 1. The molecule has 150 valence electrons. The molecule has 0 radical (unpaired) electrons. The van der Waals surface area contributed by atoms with Gasteiger partial charge in [0.05, 0.1) is 22.7 Å². The van der Waals surface area contributed by atoms with Crippen molar-refractivity contribution in [1.29, 1.82) is 0 Å². The van der Waals surface area contributed by atoms with Crippen molar-refractivity contribution in [2.45, 2.75) is 17.7 Å². The molecule has 0 aliphatic carbocycles. The Kier molecular flexibility index (Phi) is 7.21. The first-order valence-electron chi connectivity index (χ1n) is 8.72. The van der Waals surface area contributed by atoms with E-state index in [1.54, 1.807) is 21.1 Å². The molecular formula is C17H26ClN4O4S+. The van der Waals surface area contributed by atoms with Gasteiger partial charge in [0.15, 0.2) is 13.1 Å². The molecule has 0 saturated carbocycles. The Morgan fingerprint density at radius 1 is 1.22 bits per heavy atom. The van der Waals surface area contributed by atoms with Gasteiger partial charge in [-0.3, -0.25) is 9.59 Å². The summed E-state index contributed by atoms with van der Waals surface area (Å²) in [6, 6.07) is 4.29. The maximum Gasteiger partial charge on any atom is 0.279 e. The Labute approximate surface area is 165 Å². The SMILES string of the molecule is CN(C)C(=O)C[NH+](C)CC(=O)Nc1cc(S(=O)(=O)N2CCCC2)ccc1Cl. The fraction of sp³-hybridized carbons (Fsp3) is 0.529. The molecule has 1 heterocycles. The van der Waals surface area contributed by atoms with Crippen LogP contribution in [0, 0.1) is 0 Å². The Bertz CT molecular complexity index is 807. The zero-order valence-electron chi connectivity index (χ0n) is 15.8. The first-order chi connectivity index (χ1) is 12.6. The van der Waals surface area contributed by atoms with E-state index in [9.17, 15) is 18.0 Å². The normalized spacial score (nSPS) is 16.1. The Morgan fingerprint density at radius 2 is 1.85 bits per heavy atom. The van der Waals surface area contributed by atoms with Gasteiger partial charge in [0.25, 0.3) is 11.8 Å². The summed E-state index contributed by atoms with van der Waals surface area (Å²) in [7, 11) is 1.45. The molecule has 1 aliphatic heterocycles. The van der Waals surface area contributed by atoms with E-state index in [1.807, 2.05) is 0 Å². The summed E-state index contributed by atoms with van der Waals surface area (Å²) >= 11 is 6.12. The molecule has 1 aromatic rings. The van der Waals surface area contributed by atoms with E-state index in [0.717, 1.165) is 12.8 Å². The molecule has 0 bridgehead atoms. The predicted octanol–water partition coefficient (Wildman–Crippen LogP) is -0.334. The number of rotatable bonds is 7. The first kappa shape index (κ1) is 21.6. The quantitative estimate of drug-likeness (QED) is 0.635. The van der Waals surface area contributed by atoms with Crippen LogP contribution in [-0.4, -0.2) is 76.8 Å². The molecular weight excluding hydrogens is 392 g/mol. The Balaban J connectivity index is 2.08. The summed E-state index contributed by atoms with van der Waals surface area (Å²) in [6.45, 7) is 1.23. The van der Waals surface area contributed by atoms with Crippen LogP contribution in [0.15, 0.2) is 23.1 Å². The highest BCUT2D eigenvalue weighted by atomic mass is 35.5. The van der Waals surface area contributed by atoms with Gasteiger partial charge in [-0.15, -0.1) is 0 Å². The van der Waals surface area contributed by atoms with Crippen LogP contribution in [0.5, 0.6) is 0 Å². The van der Waals surface area contributed by atoms with Gasteiger partial charge in [-0.2, -0.15) is 4.31 Å². The van der Waals surface area contributed by atoms with Gasteiger partial charge in [-0.25, -0.2) is 8.42 Å². The van der Waals surface area contributed by atoms with E-state index in [2.05, 4.69) is 5.32 Å². The van der Waals surface area contributed by atoms with Crippen molar-refractivity contribution >= 4 is 39.1 Å². The van der Waals surface area contributed by atoms with Gasteiger partial charge in [-0.05, 0) is 31.0 Å². The molecule has 1 fully saturated rings. The van der Waals surface area contributed by atoms with Gasteiger partial charge in [0.2, 0.25) is 10.0 Å².